The number of likely N-dealkylation sites (tertiary alicyclic amines) is 1. The van der Waals surface area contributed by atoms with Crippen LogP contribution in [0.15, 0.2) is 53.1 Å². The highest BCUT2D eigenvalue weighted by molar-refractivity contribution is 5.85. The minimum absolute atomic E-state index is 0.0215. The fraction of sp³-hybridized carbons (Fsp3) is 0.476. The van der Waals surface area contributed by atoms with Crippen LogP contribution in [0.2, 0.25) is 0 Å². The highest BCUT2D eigenvalue weighted by Gasteiger charge is 2.49. The van der Waals surface area contributed by atoms with Crippen LogP contribution in [0.4, 0.5) is 0 Å². The first kappa shape index (κ1) is 19.6. The highest BCUT2D eigenvalue weighted by Crippen LogP contribution is 2.37. The van der Waals surface area contributed by atoms with E-state index < -0.39 is 11.6 Å². The minimum atomic E-state index is -1.49. The second kappa shape index (κ2) is 8.25. The second-order valence-electron chi connectivity index (χ2n) is 7.61. The highest BCUT2D eigenvalue weighted by atomic mass is 16.6. The quantitative estimate of drug-likeness (QED) is 0.436. The molecule has 2 heterocycles. The third kappa shape index (κ3) is 4.24. The Balaban J connectivity index is 1.96. The number of likely N-dealkylation sites (N-methyl/N-ethyl adjacent to an activating group) is 1. The molecule has 3 rings (SSSR count). The zero-order chi connectivity index (χ0) is 19.3. The number of hydrogen-bond donors (Lipinski definition) is 1. The van der Waals surface area contributed by atoms with Crippen molar-refractivity contribution in [3.05, 3.63) is 60.1 Å². The molecule has 1 fully saturated rings. The molecule has 1 N–H and O–H groups in total. The third-order valence-electron chi connectivity index (χ3n) is 4.98. The number of aliphatic hydroxyl groups excluding tert-OH is 1. The van der Waals surface area contributed by atoms with E-state index in [0.29, 0.717) is 17.7 Å². The van der Waals surface area contributed by atoms with Crippen LogP contribution in [-0.2, 0) is 19.9 Å². The molecule has 1 aliphatic heterocycles. The monoisotopic (exact) mass is 374 g/mol. The summed E-state index contributed by atoms with van der Waals surface area (Å²) < 4.78 is 18.5. The summed E-state index contributed by atoms with van der Waals surface area (Å²) in [6.45, 7) is 1.91. The van der Waals surface area contributed by atoms with Gasteiger partial charge in [0.2, 0.25) is 5.60 Å². The summed E-state index contributed by atoms with van der Waals surface area (Å²) in [6, 6.07) is 12.7. The summed E-state index contributed by atoms with van der Waals surface area (Å²) in [7, 11) is 4.26. The first-order valence-corrected chi connectivity index (χ1v) is 9.35. The van der Waals surface area contributed by atoms with Crippen molar-refractivity contribution < 1.29 is 28.3 Å². The Morgan fingerprint density at radius 3 is 2.63 bits per heavy atom. The van der Waals surface area contributed by atoms with Gasteiger partial charge in [-0.15, -0.1) is 0 Å². The molecule has 0 radical (unpaired) electrons. The molecule has 0 aliphatic carbocycles. The average molecular weight is 374 g/mol. The molecule has 0 saturated carbocycles. The molecular weight excluding hydrogens is 346 g/mol. The van der Waals surface area contributed by atoms with Crippen LogP contribution in [0.25, 0.3) is 0 Å². The maximum absolute atomic E-state index is 13.4. The van der Waals surface area contributed by atoms with Gasteiger partial charge in [-0.2, -0.15) is 0 Å². The van der Waals surface area contributed by atoms with Crippen molar-refractivity contribution in [2.24, 2.45) is 0 Å². The number of rotatable bonds is 8. The van der Waals surface area contributed by atoms with Crippen LogP contribution in [0.3, 0.4) is 0 Å². The number of quaternary nitrogens is 1. The van der Waals surface area contributed by atoms with E-state index in [1.807, 2.05) is 30.3 Å². The van der Waals surface area contributed by atoms with Crippen molar-refractivity contribution in [2.75, 3.05) is 40.4 Å². The summed E-state index contributed by atoms with van der Waals surface area (Å²) in [5.41, 5.74) is -0.839. The third-order valence-corrected chi connectivity index (χ3v) is 4.98. The lowest BCUT2D eigenvalue weighted by atomic mass is 9.90. The van der Waals surface area contributed by atoms with Crippen molar-refractivity contribution in [2.45, 2.75) is 24.5 Å². The predicted molar refractivity (Wildman–Crippen MR) is 99.9 cm³/mol. The van der Waals surface area contributed by atoms with Gasteiger partial charge in [-0.25, -0.2) is 4.79 Å². The van der Waals surface area contributed by atoms with Crippen LogP contribution in [-0.4, -0.2) is 62.1 Å². The number of hydrogen-bond acceptors (Lipinski definition) is 5. The number of ether oxygens (including phenoxy) is 2. The topological polar surface area (TPSA) is 68.9 Å². The number of nitrogens with zero attached hydrogens (tertiary/aromatic N) is 1. The largest absolute Gasteiger partial charge is 0.465 e. The van der Waals surface area contributed by atoms with E-state index in [0.717, 1.165) is 24.0 Å². The molecule has 0 amide bonds. The second-order valence-corrected chi connectivity index (χ2v) is 7.61. The number of esters is 1. The Morgan fingerprint density at radius 2 is 2.04 bits per heavy atom. The Kier molecular flexibility index (Phi) is 5.99. The van der Waals surface area contributed by atoms with Crippen LogP contribution in [0.5, 0.6) is 0 Å². The molecular formula is C21H28NO5+. The van der Waals surface area contributed by atoms with Gasteiger partial charge < -0.3 is 23.5 Å². The van der Waals surface area contributed by atoms with E-state index in [2.05, 4.69) is 14.1 Å². The Morgan fingerprint density at radius 1 is 1.26 bits per heavy atom. The molecule has 1 aromatic heterocycles. The van der Waals surface area contributed by atoms with Crippen molar-refractivity contribution >= 4 is 5.97 Å². The molecule has 1 saturated heterocycles. The molecule has 146 valence electrons. The number of aliphatic hydroxyl groups is 1. The van der Waals surface area contributed by atoms with Gasteiger partial charge in [0.25, 0.3) is 0 Å². The standard InChI is InChI=1S/C21H28NO5/c1-22(2)12-11-18(16-22)27-20(24)21(26-15-7-13-23,19-10-6-14-25-19)17-8-4-3-5-9-17/h3-6,8-10,14,18,23H,7,11-13,15-16H2,1-2H3/q+1. The molecule has 2 atom stereocenters. The number of carbonyl (C=O) groups is 1. The lowest BCUT2D eigenvalue weighted by Crippen LogP contribution is -2.44. The van der Waals surface area contributed by atoms with Crippen molar-refractivity contribution in [3.8, 4) is 0 Å². The van der Waals surface area contributed by atoms with Gasteiger partial charge in [0.1, 0.15) is 6.54 Å². The molecule has 2 aromatic rings. The lowest BCUT2D eigenvalue weighted by molar-refractivity contribution is -0.879. The van der Waals surface area contributed by atoms with Crippen molar-refractivity contribution in [1.29, 1.82) is 0 Å². The van der Waals surface area contributed by atoms with Gasteiger partial charge in [0.15, 0.2) is 11.9 Å². The Labute approximate surface area is 159 Å². The molecule has 1 aliphatic rings. The zero-order valence-corrected chi connectivity index (χ0v) is 16.0. The number of benzene rings is 1. The first-order chi connectivity index (χ1) is 13.0. The average Bonchev–Trinajstić information content (AvgIpc) is 3.29. The molecule has 6 nitrogen and oxygen atoms in total. The lowest BCUT2D eigenvalue weighted by Gasteiger charge is -2.31. The van der Waals surface area contributed by atoms with Crippen molar-refractivity contribution in [1.82, 2.24) is 0 Å². The van der Waals surface area contributed by atoms with Crippen LogP contribution in [0, 0.1) is 0 Å². The molecule has 27 heavy (non-hydrogen) atoms. The van der Waals surface area contributed by atoms with Gasteiger partial charge >= 0.3 is 5.97 Å². The molecule has 1 aromatic carbocycles. The smallest absolute Gasteiger partial charge is 0.351 e. The van der Waals surface area contributed by atoms with E-state index >= 15 is 0 Å². The summed E-state index contributed by atoms with van der Waals surface area (Å²) in [4.78, 5) is 13.4. The van der Waals surface area contributed by atoms with Crippen LogP contribution >= 0.6 is 0 Å². The molecule has 0 spiro atoms. The number of furan rings is 1. The van der Waals surface area contributed by atoms with Crippen LogP contribution in [0.1, 0.15) is 24.2 Å². The normalized spacial score (nSPS) is 20.9. The number of carbonyl (C=O) groups excluding carboxylic acids is 1. The maximum atomic E-state index is 13.4. The molecule has 2 unspecified atom stereocenters. The van der Waals surface area contributed by atoms with Gasteiger partial charge in [0, 0.05) is 18.6 Å². The summed E-state index contributed by atoms with van der Waals surface area (Å²) in [5.74, 6) is -0.100. The summed E-state index contributed by atoms with van der Waals surface area (Å²) in [5, 5.41) is 9.17. The zero-order valence-electron chi connectivity index (χ0n) is 16.0. The van der Waals surface area contributed by atoms with Gasteiger partial charge in [0.05, 0.1) is 33.5 Å². The van der Waals surface area contributed by atoms with E-state index in [1.165, 1.54) is 6.26 Å². The molecule has 0 bridgehead atoms. The van der Waals surface area contributed by atoms with Gasteiger partial charge in [-0.05, 0) is 18.6 Å². The van der Waals surface area contributed by atoms with Gasteiger partial charge in [-0.3, -0.25) is 0 Å². The summed E-state index contributed by atoms with van der Waals surface area (Å²) in [6.07, 6.45) is 2.59. The minimum Gasteiger partial charge on any atom is -0.465 e. The van der Waals surface area contributed by atoms with E-state index in [9.17, 15) is 4.79 Å². The fourth-order valence-electron chi connectivity index (χ4n) is 3.57. The fourth-order valence-corrected chi connectivity index (χ4v) is 3.57. The van der Waals surface area contributed by atoms with Crippen LogP contribution < -0.4 is 0 Å². The predicted octanol–water partition coefficient (Wildman–Crippen LogP) is 2.31. The van der Waals surface area contributed by atoms with E-state index in [1.54, 1.807) is 12.1 Å². The van der Waals surface area contributed by atoms with E-state index in [4.69, 9.17) is 19.0 Å². The Bertz CT molecular complexity index is 728. The van der Waals surface area contributed by atoms with Gasteiger partial charge in [-0.1, -0.05) is 30.3 Å². The molecule has 6 heteroatoms. The summed E-state index contributed by atoms with van der Waals surface area (Å²) >= 11 is 0. The van der Waals surface area contributed by atoms with Crippen molar-refractivity contribution in [3.63, 3.8) is 0 Å². The Hall–Kier alpha value is -2.15. The SMILES string of the molecule is C[N+]1(C)CCC(OC(=O)C(OCCCO)(c2ccccc2)c2ccco2)C1. The van der Waals surface area contributed by atoms with E-state index in [-0.39, 0.29) is 19.3 Å². The maximum Gasteiger partial charge on any atom is 0.351 e. The first-order valence-electron chi connectivity index (χ1n) is 9.35.